The lowest BCUT2D eigenvalue weighted by Gasteiger charge is -2.12. The Morgan fingerprint density at radius 1 is 1.24 bits per heavy atom. The molecule has 0 unspecified atom stereocenters. The highest BCUT2D eigenvalue weighted by atomic mass is 16.6. The summed E-state index contributed by atoms with van der Waals surface area (Å²) in [7, 11) is 1.58. The Labute approximate surface area is 99.0 Å². The quantitative estimate of drug-likeness (QED) is 0.637. The van der Waals surface area contributed by atoms with E-state index in [1.54, 1.807) is 19.2 Å². The lowest BCUT2D eigenvalue weighted by atomic mass is 10.0. The van der Waals surface area contributed by atoms with E-state index in [0.29, 0.717) is 0 Å². The standard InChI is InChI=1S/C12H14O5/c1-7-8(2)10(16-3)5-4-9(7)6-17-12(15)11(13)14/h4-5H,6H2,1-3H3,(H,13,14). The monoisotopic (exact) mass is 238 g/mol. The average Bonchev–Trinajstić information content (AvgIpc) is 2.30. The Morgan fingerprint density at radius 3 is 2.41 bits per heavy atom. The molecule has 0 heterocycles. The van der Waals surface area contributed by atoms with Crippen molar-refractivity contribution < 1.29 is 24.2 Å². The van der Waals surface area contributed by atoms with Gasteiger partial charge in [0.05, 0.1) is 7.11 Å². The van der Waals surface area contributed by atoms with Crippen LogP contribution in [0.2, 0.25) is 0 Å². The van der Waals surface area contributed by atoms with Gasteiger partial charge < -0.3 is 14.6 Å². The summed E-state index contributed by atoms with van der Waals surface area (Å²) >= 11 is 0. The van der Waals surface area contributed by atoms with E-state index in [-0.39, 0.29) is 6.61 Å². The van der Waals surface area contributed by atoms with Crippen molar-refractivity contribution in [3.8, 4) is 5.75 Å². The van der Waals surface area contributed by atoms with Crippen LogP contribution in [0.5, 0.6) is 5.75 Å². The molecule has 0 fully saturated rings. The molecule has 92 valence electrons. The molecule has 1 aromatic rings. The minimum absolute atomic E-state index is 0.0538. The summed E-state index contributed by atoms with van der Waals surface area (Å²) in [6.45, 7) is 3.69. The van der Waals surface area contributed by atoms with Gasteiger partial charge in [0.25, 0.3) is 0 Å². The zero-order valence-electron chi connectivity index (χ0n) is 9.94. The Morgan fingerprint density at radius 2 is 1.88 bits per heavy atom. The van der Waals surface area contributed by atoms with E-state index < -0.39 is 11.9 Å². The Kier molecular flexibility index (Phi) is 4.09. The van der Waals surface area contributed by atoms with Crippen molar-refractivity contribution in [1.82, 2.24) is 0 Å². The molecule has 0 aliphatic carbocycles. The van der Waals surface area contributed by atoms with E-state index in [2.05, 4.69) is 4.74 Å². The number of aliphatic carboxylic acids is 1. The van der Waals surface area contributed by atoms with Crippen LogP contribution in [0.4, 0.5) is 0 Å². The predicted octanol–water partition coefficient (Wildman–Crippen LogP) is 1.44. The maximum atomic E-state index is 10.8. The average molecular weight is 238 g/mol. The molecular formula is C12H14O5. The third-order valence-corrected chi connectivity index (χ3v) is 2.60. The second kappa shape index (κ2) is 5.34. The van der Waals surface area contributed by atoms with Crippen LogP contribution in [0.25, 0.3) is 0 Å². The molecule has 0 spiro atoms. The first-order valence-corrected chi connectivity index (χ1v) is 5.00. The molecule has 0 bridgehead atoms. The summed E-state index contributed by atoms with van der Waals surface area (Å²) in [6.07, 6.45) is 0. The number of ether oxygens (including phenoxy) is 2. The van der Waals surface area contributed by atoms with Gasteiger partial charge in [0.2, 0.25) is 0 Å². The predicted molar refractivity (Wildman–Crippen MR) is 59.9 cm³/mol. The minimum Gasteiger partial charge on any atom is -0.496 e. The van der Waals surface area contributed by atoms with Crippen molar-refractivity contribution in [1.29, 1.82) is 0 Å². The first kappa shape index (κ1) is 13.0. The Hall–Kier alpha value is -2.04. The number of benzene rings is 1. The molecule has 0 aromatic heterocycles. The van der Waals surface area contributed by atoms with Crippen molar-refractivity contribution in [2.45, 2.75) is 20.5 Å². The van der Waals surface area contributed by atoms with Gasteiger partial charge in [-0.05, 0) is 36.6 Å². The van der Waals surface area contributed by atoms with Crippen LogP contribution in [0.1, 0.15) is 16.7 Å². The highest BCUT2D eigenvalue weighted by Crippen LogP contribution is 2.24. The van der Waals surface area contributed by atoms with Crippen LogP contribution in [-0.4, -0.2) is 24.2 Å². The Balaban J connectivity index is 2.83. The smallest absolute Gasteiger partial charge is 0.417 e. The Bertz CT molecular complexity index is 450. The lowest BCUT2D eigenvalue weighted by molar-refractivity contribution is -0.164. The first-order chi connectivity index (χ1) is 7.97. The minimum atomic E-state index is -1.59. The van der Waals surface area contributed by atoms with Crippen molar-refractivity contribution >= 4 is 11.9 Å². The largest absolute Gasteiger partial charge is 0.496 e. The molecule has 1 rings (SSSR count). The van der Waals surface area contributed by atoms with E-state index in [9.17, 15) is 9.59 Å². The maximum Gasteiger partial charge on any atom is 0.417 e. The number of esters is 1. The van der Waals surface area contributed by atoms with Gasteiger partial charge in [0, 0.05) is 0 Å². The van der Waals surface area contributed by atoms with Crippen LogP contribution in [0.15, 0.2) is 12.1 Å². The van der Waals surface area contributed by atoms with Gasteiger partial charge in [-0.3, -0.25) is 0 Å². The van der Waals surface area contributed by atoms with Gasteiger partial charge >= 0.3 is 11.9 Å². The molecule has 0 amide bonds. The number of carboxylic acids is 1. The van der Waals surface area contributed by atoms with Crippen LogP contribution < -0.4 is 4.74 Å². The van der Waals surface area contributed by atoms with E-state index in [4.69, 9.17) is 9.84 Å². The molecule has 17 heavy (non-hydrogen) atoms. The number of carboxylic acid groups (broad SMARTS) is 1. The molecule has 0 saturated heterocycles. The fourth-order valence-corrected chi connectivity index (χ4v) is 1.43. The van der Waals surface area contributed by atoms with E-state index >= 15 is 0 Å². The summed E-state index contributed by atoms with van der Waals surface area (Å²) in [6, 6.07) is 3.50. The number of hydrogen-bond donors (Lipinski definition) is 1. The second-order valence-electron chi connectivity index (χ2n) is 3.56. The summed E-state index contributed by atoms with van der Waals surface area (Å²) in [4.78, 5) is 21.1. The molecule has 1 N–H and O–H groups in total. The van der Waals surface area contributed by atoms with Crippen LogP contribution in [0.3, 0.4) is 0 Å². The first-order valence-electron chi connectivity index (χ1n) is 5.00. The molecule has 0 atom stereocenters. The van der Waals surface area contributed by atoms with Gasteiger partial charge in [-0.2, -0.15) is 0 Å². The van der Waals surface area contributed by atoms with E-state index in [1.807, 2.05) is 13.8 Å². The number of carbonyl (C=O) groups is 2. The summed E-state index contributed by atoms with van der Waals surface area (Å²) in [5.41, 5.74) is 2.62. The fourth-order valence-electron chi connectivity index (χ4n) is 1.43. The second-order valence-corrected chi connectivity index (χ2v) is 3.56. The van der Waals surface area contributed by atoms with Crippen LogP contribution in [-0.2, 0) is 20.9 Å². The molecule has 0 radical (unpaired) electrons. The summed E-state index contributed by atoms with van der Waals surface area (Å²) < 4.78 is 9.76. The SMILES string of the molecule is COc1ccc(COC(=O)C(=O)O)c(C)c1C. The number of rotatable bonds is 3. The third kappa shape index (κ3) is 2.96. The molecule has 0 aliphatic heterocycles. The zero-order valence-corrected chi connectivity index (χ0v) is 9.94. The number of methoxy groups -OCH3 is 1. The molecular weight excluding hydrogens is 224 g/mol. The topological polar surface area (TPSA) is 72.8 Å². The number of hydrogen-bond acceptors (Lipinski definition) is 4. The third-order valence-electron chi connectivity index (χ3n) is 2.60. The van der Waals surface area contributed by atoms with Gasteiger partial charge in [0.15, 0.2) is 0 Å². The van der Waals surface area contributed by atoms with Crippen molar-refractivity contribution in [3.05, 3.63) is 28.8 Å². The van der Waals surface area contributed by atoms with Gasteiger partial charge in [-0.15, -0.1) is 0 Å². The van der Waals surface area contributed by atoms with E-state index in [1.165, 1.54) is 0 Å². The fraction of sp³-hybridized carbons (Fsp3) is 0.333. The summed E-state index contributed by atoms with van der Waals surface area (Å²) in [5, 5.41) is 8.37. The van der Waals surface area contributed by atoms with Crippen LogP contribution >= 0.6 is 0 Å². The van der Waals surface area contributed by atoms with Gasteiger partial charge in [-0.1, -0.05) is 6.07 Å². The highest BCUT2D eigenvalue weighted by Gasteiger charge is 2.14. The van der Waals surface area contributed by atoms with Crippen LogP contribution in [0, 0.1) is 13.8 Å². The molecule has 0 saturated carbocycles. The molecule has 5 nitrogen and oxygen atoms in total. The number of carbonyl (C=O) groups excluding carboxylic acids is 1. The summed E-state index contributed by atoms with van der Waals surface area (Å²) in [5.74, 6) is -2.10. The molecule has 5 heteroatoms. The van der Waals surface area contributed by atoms with Crippen molar-refractivity contribution in [3.63, 3.8) is 0 Å². The lowest BCUT2D eigenvalue weighted by Crippen LogP contribution is -2.16. The normalized spacial score (nSPS) is 9.82. The van der Waals surface area contributed by atoms with Gasteiger partial charge in [0.1, 0.15) is 12.4 Å². The van der Waals surface area contributed by atoms with E-state index in [0.717, 1.165) is 22.4 Å². The molecule has 1 aromatic carbocycles. The van der Waals surface area contributed by atoms with Gasteiger partial charge in [-0.25, -0.2) is 9.59 Å². The zero-order chi connectivity index (χ0) is 13.0. The molecule has 0 aliphatic rings. The van der Waals surface area contributed by atoms with Crippen molar-refractivity contribution in [2.24, 2.45) is 0 Å². The maximum absolute atomic E-state index is 10.8. The van der Waals surface area contributed by atoms with Crippen molar-refractivity contribution in [2.75, 3.05) is 7.11 Å². The highest BCUT2D eigenvalue weighted by molar-refractivity contribution is 6.28.